The minimum atomic E-state index is 0.0715. The average molecular weight is 236 g/mol. The minimum Gasteiger partial charge on any atom is -0.494 e. The van der Waals surface area contributed by atoms with Crippen LogP contribution in [0.15, 0.2) is 24.3 Å². The molecular formula is C14H24N2O. The van der Waals surface area contributed by atoms with Crippen molar-refractivity contribution in [2.24, 2.45) is 5.73 Å². The van der Waals surface area contributed by atoms with Crippen molar-refractivity contribution in [3.05, 3.63) is 29.8 Å². The van der Waals surface area contributed by atoms with Crippen LogP contribution in [0.5, 0.6) is 5.75 Å². The summed E-state index contributed by atoms with van der Waals surface area (Å²) < 4.78 is 5.41. The predicted molar refractivity (Wildman–Crippen MR) is 72.3 cm³/mol. The van der Waals surface area contributed by atoms with Crippen LogP contribution in [0.1, 0.15) is 31.9 Å². The second-order valence-corrected chi connectivity index (χ2v) is 4.37. The molecule has 0 spiro atoms. The zero-order valence-electron chi connectivity index (χ0n) is 11.1. The maximum Gasteiger partial charge on any atom is 0.119 e. The van der Waals surface area contributed by atoms with Gasteiger partial charge in [-0.1, -0.05) is 19.1 Å². The van der Waals surface area contributed by atoms with E-state index in [1.807, 2.05) is 19.1 Å². The normalized spacial score (nSPS) is 12.8. The molecule has 1 aromatic rings. The molecule has 1 rings (SSSR count). The molecule has 0 aliphatic rings. The van der Waals surface area contributed by atoms with Gasteiger partial charge in [0.25, 0.3) is 0 Å². The first-order valence-corrected chi connectivity index (χ1v) is 6.34. The number of benzene rings is 1. The van der Waals surface area contributed by atoms with Crippen molar-refractivity contribution in [3.8, 4) is 5.75 Å². The second kappa shape index (κ2) is 7.30. The first-order chi connectivity index (χ1) is 8.17. The lowest BCUT2D eigenvalue weighted by Crippen LogP contribution is -2.29. The Bertz CT molecular complexity index is 311. The molecule has 3 heteroatoms. The van der Waals surface area contributed by atoms with Crippen LogP contribution in [-0.4, -0.2) is 31.6 Å². The summed E-state index contributed by atoms with van der Waals surface area (Å²) in [5.41, 5.74) is 7.33. The minimum absolute atomic E-state index is 0.0715. The summed E-state index contributed by atoms with van der Waals surface area (Å²) in [6.45, 7) is 6.84. The number of hydrogen-bond acceptors (Lipinski definition) is 3. The van der Waals surface area contributed by atoms with E-state index in [2.05, 4.69) is 31.0 Å². The molecule has 2 N–H and O–H groups in total. The predicted octanol–water partition coefficient (Wildman–Crippen LogP) is 2.43. The number of nitrogens with zero attached hydrogens (tertiary/aromatic N) is 1. The largest absolute Gasteiger partial charge is 0.494 e. The molecule has 3 nitrogen and oxygen atoms in total. The summed E-state index contributed by atoms with van der Waals surface area (Å²) in [5.74, 6) is 0.908. The van der Waals surface area contributed by atoms with Gasteiger partial charge in [0.1, 0.15) is 5.75 Å². The lowest BCUT2D eigenvalue weighted by molar-refractivity contribution is 0.313. The zero-order chi connectivity index (χ0) is 12.7. The van der Waals surface area contributed by atoms with Gasteiger partial charge in [0.05, 0.1) is 6.61 Å². The maximum atomic E-state index is 6.17. The van der Waals surface area contributed by atoms with Crippen molar-refractivity contribution in [1.29, 1.82) is 0 Å². The fraction of sp³-hybridized carbons (Fsp3) is 0.571. The summed E-state index contributed by atoms with van der Waals surface area (Å²) >= 11 is 0. The maximum absolute atomic E-state index is 6.17. The molecule has 0 saturated carbocycles. The summed E-state index contributed by atoms with van der Waals surface area (Å²) in [6.07, 6.45) is 1.16. The zero-order valence-corrected chi connectivity index (χ0v) is 11.1. The van der Waals surface area contributed by atoms with Gasteiger partial charge in [-0.3, -0.25) is 0 Å². The van der Waals surface area contributed by atoms with Crippen molar-refractivity contribution in [3.63, 3.8) is 0 Å². The quantitative estimate of drug-likeness (QED) is 0.790. The van der Waals surface area contributed by atoms with Gasteiger partial charge in [-0.05, 0) is 44.6 Å². The summed E-state index contributed by atoms with van der Waals surface area (Å²) in [6, 6.07) is 8.14. The first-order valence-electron chi connectivity index (χ1n) is 6.34. The molecule has 1 unspecified atom stereocenters. The molecule has 1 atom stereocenters. The van der Waals surface area contributed by atoms with E-state index in [9.17, 15) is 0 Å². The second-order valence-electron chi connectivity index (χ2n) is 4.37. The van der Waals surface area contributed by atoms with Gasteiger partial charge < -0.3 is 15.4 Å². The Balaban J connectivity index is 2.53. The summed E-state index contributed by atoms with van der Waals surface area (Å²) in [7, 11) is 2.11. The Kier molecular flexibility index (Phi) is 6.01. The van der Waals surface area contributed by atoms with Crippen molar-refractivity contribution in [1.82, 2.24) is 4.90 Å². The van der Waals surface area contributed by atoms with Crippen LogP contribution in [0.3, 0.4) is 0 Å². The molecule has 0 amide bonds. The van der Waals surface area contributed by atoms with Crippen LogP contribution in [0.4, 0.5) is 0 Å². The molecule has 0 aliphatic heterocycles. The number of likely N-dealkylation sites (N-methyl/N-ethyl adjacent to an activating group) is 1. The highest BCUT2D eigenvalue weighted by molar-refractivity contribution is 5.29. The first kappa shape index (κ1) is 14.0. The molecule has 0 fully saturated rings. The van der Waals surface area contributed by atoms with E-state index >= 15 is 0 Å². The summed E-state index contributed by atoms with van der Waals surface area (Å²) in [5, 5.41) is 0. The van der Waals surface area contributed by atoms with Gasteiger partial charge in [0, 0.05) is 12.6 Å². The van der Waals surface area contributed by atoms with Gasteiger partial charge in [0.15, 0.2) is 0 Å². The summed E-state index contributed by atoms with van der Waals surface area (Å²) in [4.78, 5) is 2.27. The topological polar surface area (TPSA) is 38.5 Å². The third-order valence-corrected chi connectivity index (χ3v) is 2.73. The van der Waals surface area contributed by atoms with Crippen molar-refractivity contribution in [2.45, 2.75) is 26.3 Å². The Morgan fingerprint density at radius 1 is 1.24 bits per heavy atom. The fourth-order valence-corrected chi connectivity index (χ4v) is 1.89. The van der Waals surface area contributed by atoms with Crippen molar-refractivity contribution >= 4 is 0 Å². The molecule has 1 aromatic carbocycles. The molecule has 0 heterocycles. The lowest BCUT2D eigenvalue weighted by atomic mass is 10.1. The van der Waals surface area contributed by atoms with Crippen LogP contribution in [-0.2, 0) is 0 Å². The van der Waals surface area contributed by atoms with E-state index in [0.29, 0.717) is 6.61 Å². The Morgan fingerprint density at radius 2 is 1.88 bits per heavy atom. The van der Waals surface area contributed by atoms with Crippen LogP contribution in [0.25, 0.3) is 0 Å². The highest BCUT2D eigenvalue weighted by Crippen LogP contribution is 2.17. The van der Waals surface area contributed by atoms with Gasteiger partial charge in [-0.25, -0.2) is 0 Å². The highest BCUT2D eigenvalue weighted by Gasteiger charge is 2.08. The Morgan fingerprint density at radius 3 is 2.41 bits per heavy atom. The van der Waals surface area contributed by atoms with Crippen LogP contribution < -0.4 is 10.5 Å². The van der Waals surface area contributed by atoms with E-state index in [4.69, 9.17) is 10.5 Å². The number of nitrogens with two attached hydrogens (primary N) is 1. The highest BCUT2D eigenvalue weighted by atomic mass is 16.5. The van der Waals surface area contributed by atoms with Gasteiger partial charge >= 0.3 is 0 Å². The molecule has 0 bridgehead atoms. The van der Waals surface area contributed by atoms with Crippen LogP contribution in [0, 0.1) is 0 Å². The van der Waals surface area contributed by atoms with E-state index in [1.54, 1.807) is 0 Å². The third-order valence-electron chi connectivity index (χ3n) is 2.73. The Hall–Kier alpha value is -1.06. The third kappa shape index (κ3) is 4.75. The SMILES string of the molecule is CCCN(C)CC(N)c1ccc(OCC)cc1. The van der Waals surface area contributed by atoms with Gasteiger partial charge in [-0.2, -0.15) is 0 Å². The van der Waals surface area contributed by atoms with E-state index in [1.165, 1.54) is 0 Å². The number of hydrogen-bond donors (Lipinski definition) is 1. The number of ether oxygens (including phenoxy) is 1. The number of rotatable bonds is 7. The molecule has 0 aromatic heterocycles. The van der Waals surface area contributed by atoms with E-state index < -0.39 is 0 Å². The van der Waals surface area contributed by atoms with Gasteiger partial charge in [-0.15, -0.1) is 0 Å². The fourth-order valence-electron chi connectivity index (χ4n) is 1.89. The lowest BCUT2D eigenvalue weighted by Gasteiger charge is -2.21. The average Bonchev–Trinajstić information content (AvgIpc) is 2.30. The molecule has 17 heavy (non-hydrogen) atoms. The molecule has 0 radical (unpaired) electrons. The molecule has 0 aliphatic carbocycles. The standard InChI is InChI=1S/C14H24N2O/c1-4-10-16(3)11-14(15)12-6-8-13(9-7-12)17-5-2/h6-9,14H,4-5,10-11,15H2,1-3H3. The van der Waals surface area contributed by atoms with E-state index in [0.717, 1.165) is 30.8 Å². The molecule has 0 saturated heterocycles. The van der Waals surface area contributed by atoms with Crippen molar-refractivity contribution in [2.75, 3.05) is 26.7 Å². The monoisotopic (exact) mass is 236 g/mol. The van der Waals surface area contributed by atoms with Crippen LogP contribution in [0.2, 0.25) is 0 Å². The van der Waals surface area contributed by atoms with E-state index in [-0.39, 0.29) is 6.04 Å². The smallest absolute Gasteiger partial charge is 0.119 e. The van der Waals surface area contributed by atoms with Crippen molar-refractivity contribution < 1.29 is 4.74 Å². The molecular weight excluding hydrogens is 212 g/mol. The molecule has 96 valence electrons. The van der Waals surface area contributed by atoms with Gasteiger partial charge in [0.2, 0.25) is 0 Å². The van der Waals surface area contributed by atoms with Crippen LogP contribution >= 0.6 is 0 Å². The Labute approximate surface area is 105 Å².